The maximum atomic E-state index is 15.0. The van der Waals surface area contributed by atoms with Crippen LogP contribution in [-0.2, 0) is 32.1 Å². The topological polar surface area (TPSA) is 242 Å². The number of methoxy groups -OCH3 is 1. The Balaban J connectivity index is 0.865. The Labute approximate surface area is 486 Å². The van der Waals surface area contributed by atoms with Crippen molar-refractivity contribution in [2.24, 2.45) is 17.3 Å². The molecule has 0 radical (unpaired) electrons. The number of carbonyl (C=O) groups excluding carboxylic acids is 3. The third-order valence-electron chi connectivity index (χ3n) is 16.3. The van der Waals surface area contributed by atoms with Gasteiger partial charge in [-0.2, -0.15) is 0 Å². The Kier molecular flexibility index (Phi) is 25.9. The second-order valence-electron chi connectivity index (χ2n) is 24.2. The van der Waals surface area contributed by atoms with Crippen molar-refractivity contribution < 1.29 is 53.2 Å². The summed E-state index contributed by atoms with van der Waals surface area (Å²) in [6.07, 6.45) is 25.5. The van der Waals surface area contributed by atoms with Crippen LogP contribution in [0.4, 0.5) is 11.5 Å². The van der Waals surface area contributed by atoms with Crippen LogP contribution >= 0.6 is 0 Å². The standard InChI is InChI=1S/C63H93N9O10/c1-47-21-19-23-56(66-47)71(62(80)53-28-27-52(81-5)40-55(53)69-35-30-48(31-36-69)45-82-58-39-50(29-34-65-58)54(41-59(74)75)49-25-26-49)46-63(2,3)32-37-70-42-51(67-68-70)22-17-15-13-11-9-7-6-8-10-12-14-16-18-24-57(73)64-33-20-38-72(4,43-60(76)77)44-61(78)79/h19,21,23,27-29,34,39-40,42,48-49,54H,6-18,20,22,24-26,30-33,35-38,41,43-46H2,1-5H3,(H3-,64,73,74,75,76,77,78,79)/t54-/m0/s1. The lowest BCUT2D eigenvalue weighted by Gasteiger charge is -2.36. The first-order valence-corrected chi connectivity index (χ1v) is 30.3. The van der Waals surface area contributed by atoms with E-state index in [1.165, 1.54) is 57.8 Å². The smallest absolute Gasteiger partial charge is 0.359 e. The molecule has 1 aliphatic heterocycles. The summed E-state index contributed by atoms with van der Waals surface area (Å²) >= 11 is 0. The van der Waals surface area contributed by atoms with Crippen LogP contribution in [0.5, 0.6) is 11.6 Å². The Morgan fingerprint density at radius 3 is 2.17 bits per heavy atom. The quantitative estimate of drug-likeness (QED) is 0.0278. The number of carboxylic acids is 3. The van der Waals surface area contributed by atoms with Crippen LogP contribution in [0, 0.1) is 24.2 Å². The zero-order valence-electron chi connectivity index (χ0n) is 49.7. The summed E-state index contributed by atoms with van der Waals surface area (Å²) in [6.45, 7) is 9.44. The fraction of sp³-hybridized carbons (Fsp3) is 0.635. The number of hydrogen-bond acceptors (Lipinski definition) is 13. The molecule has 19 nitrogen and oxygen atoms in total. The number of nitrogens with zero attached hydrogens (tertiary/aromatic N) is 8. The van der Waals surface area contributed by atoms with E-state index in [9.17, 15) is 29.4 Å². The van der Waals surface area contributed by atoms with Crippen LogP contribution < -0.4 is 29.7 Å². The number of aliphatic carboxylic acids is 3. The highest BCUT2D eigenvalue weighted by Gasteiger charge is 2.35. The van der Waals surface area contributed by atoms with Crippen LogP contribution in [0.2, 0.25) is 0 Å². The number of benzene rings is 1. The summed E-state index contributed by atoms with van der Waals surface area (Å²) < 4.78 is 13.7. The van der Waals surface area contributed by atoms with Crippen LogP contribution in [0.1, 0.15) is 182 Å². The van der Waals surface area contributed by atoms with Gasteiger partial charge >= 0.3 is 11.9 Å². The number of piperidine rings is 1. The summed E-state index contributed by atoms with van der Waals surface area (Å²) in [5, 5.41) is 41.6. The van der Waals surface area contributed by atoms with Crippen molar-refractivity contribution in [1.82, 2.24) is 30.3 Å². The molecule has 19 heteroatoms. The van der Waals surface area contributed by atoms with Crippen LogP contribution in [0.15, 0.2) is 60.9 Å². The number of carboxylic acid groups (broad SMARTS) is 3. The second-order valence-corrected chi connectivity index (χ2v) is 24.2. The number of carbonyl (C=O) groups is 5. The van der Waals surface area contributed by atoms with Crippen LogP contribution in [0.3, 0.4) is 0 Å². The number of aromatic nitrogens is 5. The molecule has 1 saturated heterocycles. The number of unbranched alkanes of at least 4 members (excludes halogenated alkanes) is 12. The lowest BCUT2D eigenvalue weighted by molar-refractivity contribution is -0.897. The summed E-state index contributed by atoms with van der Waals surface area (Å²) in [5.41, 5.74) is 3.93. The van der Waals surface area contributed by atoms with E-state index >= 15 is 4.79 Å². The van der Waals surface area contributed by atoms with Gasteiger partial charge in [-0.05, 0) is 117 Å². The molecule has 2 fully saturated rings. The molecule has 2 atom stereocenters. The highest BCUT2D eigenvalue weighted by molar-refractivity contribution is 6.09. The van der Waals surface area contributed by atoms with Gasteiger partial charge in [-0.25, -0.2) is 14.8 Å². The number of anilines is 2. The van der Waals surface area contributed by atoms with E-state index in [1.54, 1.807) is 20.4 Å². The zero-order chi connectivity index (χ0) is 58.9. The first kappa shape index (κ1) is 64.5. The lowest BCUT2D eigenvalue weighted by Crippen LogP contribution is -2.54. The monoisotopic (exact) mass is 1140 g/mol. The van der Waals surface area contributed by atoms with Crippen molar-refractivity contribution in [3.63, 3.8) is 0 Å². The number of aryl methyl sites for hydroxylation is 3. The predicted octanol–water partition coefficient (Wildman–Crippen LogP) is 9.20. The minimum absolute atomic E-state index is 0.0202. The highest BCUT2D eigenvalue weighted by atomic mass is 16.5. The first-order chi connectivity index (χ1) is 39.4. The fourth-order valence-corrected chi connectivity index (χ4v) is 11.3. The summed E-state index contributed by atoms with van der Waals surface area (Å²) in [5.74, 6) is -0.789. The van der Waals surface area contributed by atoms with Crippen molar-refractivity contribution in [2.45, 2.75) is 174 Å². The van der Waals surface area contributed by atoms with Gasteiger partial charge in [-0.15, -0.1) is 5.10 Å². The van der Waals surface area contributed by atoms with E-state index in [0.29, 0.717) is 74.6 Å². The molecule has 450 valence electrons. The molecule has 0 spiro atoms. The Hall–Kier alpha value is -6.63. The van der Waals surface area contributed by atoms with Crippen molar-refractivity contribution >= 4 is 41.2 Å². The van der Waals surface area contributed by atoms with Gasteiger partial charge in [0, 0.05) is 75.8 Å². The molecule has 2 aliphatic rings. The molecule has 1 aliphatic carbocycles. The van der Waals surface area contributed by atoms with Crippen molar-refractivity contribution in [2.75, 3.05) is 76.4 Å². The van der Waals surface area contributed by atoms with Crippen LogP contribution in [0.25, 0.3) is 0 Å². The second kappa shape index (κ2) is 32.9. The predicted molar refractivity (Wildman–Crippen MR) is 314 cm³/mol. The van der Waals surface area contributed by atoms with E-state index in [1.807, 2.05) is 65.0 Å². The number of quaternary nitrogens is 1. The molecule has 2 amide bonds. The fourth-order valence-electron chi connectivity index (χ4n) is 11.3. The van der Waals surface area contributed by atoms with Gasteiger partial charge in [0.05, 0.1) is 56.6 Å². The van der Waals surface area contributed by atoms with Crippen LogP contribution in [-0.4, -0.2) is 136 Å². The van der Waals surface area contributed by atoms with Gasteiger partial charge in [-0.3, -0.25) is 24.0 Å². The number of likely N-dealkylation sites (N-methyl/N-ethyl adjacent to an activating group) is 1. The first-order valence-electron chi connectivity index (χ1n) is 30.3. The molecule has 4 heterocycles. The number of nitrogens with one attached hydrogen (secondary N) is 1. The Morgan fingerprint density at radius 2 is 1.54 bits per heavy atom. The van der Waals surface area contributed by atoms with E-state index in [2.05, 4.69) is 45.6 Å². The molecule has 3 N–H and O–H groups in total. The Bertz CT molecular complexity index is 2630. The molecule has 4 aromatic rings. The number of hydrogen-bond donors (Lipinski definition) is 3. The van der Waals surface area contributed by atoms with E-state index in [-0.39, 0.29) is 53.1 Å². The van der Waals surface area contributed by atoms with Gasteiger partial charge in [0.1, 0.15) is 18.1 Å². The number of amides is 2. The highest BCUT2D eigenvalue weighted by Crippen LogP contribution is 2.45. The van der Waals surface area contributed by atoms with Crippen molar-refractivity contribution in [1.29, 1.82) is 0 Å². The normalized spacial score (nSPS) is 14.9. The SMILES string of the molecule is COc1ccc(C(=O)N(CC(C)(C)CCn2cc(CCCCCCCCCCCCCCCC(=O)NCCC[N+](C)(CC(=O)[O-])CC(=O)O)nn2)c2cccc(C)n2)c(N2CCC(COc3cc([C@@H](CC(=O)O)C4CC4)ccn3)CC2)c1. The molecular weight excluding hydrogens is 1040 g/mol. The molecule has 1 aromatic carbocycles. The summed E-state index contributed by atoms with van der Waals surface area (Å²) in [4.78, 5) is 74.5. The minimum atomic E-state index is -1.29. The van der Waals surface area contributed by atoms with Gasteiger partial charge in [0.2, 0.25) is 11.8 Å². The number of rotatable bonds is 40. The molecule has 82 heavy (non-hydrogen) atoms. The average Bonchev–Trinajstić information content (AvgIpc) is 3.98. The summed E-state index contributed by atoms with van der Waals surface area (Å²) in [6, 6.07) is 15.3. The maximum absolute atomic E-state index is 15.0. The molecule has 1 unspecified atom stereocenters. The minimum Gasteiger partial charge on any atom is -0.544 e. The van der Waals surface area contributed by atoms with E-state index in [0.717, 1.165) is 99.9 Å². The van der Waals surface area contributed by atoms with Gasteiger partial charge in [0.15, 0.2) is 6.54 Å². The van der Waals surface area contributed by atoms with Gasteiger partial charge < -0.3 is 44.3 Å². The van der Waals surface area contributed by atoms with E-state index < -0.39 is 17.9 Å². The van der Waals surface area contributed by atoms with Gasteiger partial charge in [0.25, 0.3) is 5.91 Å². The Morgan fingerprint density at radius 1 is 0.854 bits per heavy atom. The van der Waals surface area contributed by atoms with Crippen molar-refractivity contribution in [3.05, 3.63) is 83.4 Å². The van der Waals surface area contributed by atoms with E-state index in [4.69, 9.17) is 19.6 Å². The third-order valence-corrected chi connectivity index (χ3v) is 16.3. The third kappa shape index (κ3) is 22.6. The number of pyridine rings is 2. The largest absolute Gasteiger partial charge is 0.544 e. The molecule has 1 saturated carbocycles. The number of ether oxygens (including phenoxy) is 2. The molecular formula is C63H93N9O10. The van der Waals surface area contributed by atoms with Gasteiger partial charge in [-0.1, -0.05) is 95.8 Å². The molecule has 3 aromatic heterocycles. The summed E-state index contributed by atoms with van der Waals surface area (Å²) in [7, 11) is 3.22. The van der Waals surface area contributed by atoms with Crippen molar-refractivity contribution in [3.8, 4) is 11.6 Å². The molecule has 6 rings (SSSR count). The molecule has 0 bridgehead atoms. The zero-order valence-corrected chi connectivity index (χ0v) is 49.7. The average molecular weight is 1140 g/mol. The maximum Gasteiger partial charge on any atom is 0.359 e. The lowest BCUT2D eigenvalue weighted by atomic mass is 9.88.